The number of rotatable bonds is 5. The number of benzene rings is 2. The highest BCUT2D eigenvalue weighted by molar-refractivity contribution is 9.10. The molecular weight excluding hydrogens is 342 g/mol. The van der Waals surface area contributed by atoms with Gasteiger partial charge in [-0.25, -0.2) is 0 Å². The number of nitrogens with one attached hydrogen (secondary N) is 1. The largest absolute Gasteiger partial charge is 0.308 e. The maximum Gasteiger partial charge on any atom is 0.0346 e. The van der Waals surface area contributed by atoms with Gasteiger partial charge in [0.05, 0.1) is 0 Å². The van der Waals surface area contributed by atoms with Crippen LogP contribution in [0.15, 0.2) is 71.2 Å². The van der Waals surface area contributed by atoms with Crippen LogP contribution in [-0.2, 0) is 13.1 Å². The molecule has 0 aliphatic heterocycles. The second-order valence-corrected chi connectivity index (χ2v) is 6.85. The van der Waals surface area contributed by atoms with Crippen molar-refractivity contribution < 1.29 is 0 Å². The molecule has 106 valence electrons. The highest BCUT2D eigenvalue weighted by atomic mass is 79.9. The first-order valence-corrected chi connectivity index (χ1v) is 8.52. The minimum absolute atomic E-state index is 0.875. The Labute approximate surface area is 137 Å². The lowest BCUT2D eigenvalue weighted by Crippen LogP contribution is -2.11. The molecule has 0 atom stereocenters. The Hall–Kier alpha value is -1.42. The zero-order valence-corrected chi connectivity index (χ0v) is 14.0. The van der Waals surface area contributed by atoms with Crippen molar-refractivity contribution in [1.82, 2.24) is 5.32 Å². The summed E-state index contributed by atoms with van der Waals surface area (Å²) in [5.74, 6) is 0. The summed E-state index contributed by atoms with van der Waals surface area (Å²) in [5.41, 5.74) is 2.58. The Morgan fingerprint density at radius 3 is 2.38 bits per heavy atom. The highest BCUT2D eigenvalue weighted by Crippen LogP contribution is 2.27. The van der Waals surface area contributed by atoms with E-state index in [1.807, 2.05) is 17.4 Å². The Morgan fingerprint density at radius 1 is 0.810 bits per heavy atom. The third-order valence-corrected chi connectivity index (χ3v) is 5.20. The Kier molecular flexibility index (Phi) is 4.86. The molecule has 1 nitrogen and oxygen atoms in total. The van der Waals surface area contributed by atoms with Gasteiger partial charge in [0.25, 0.3) is 0 Å². The topological polar surface area (TPSA) is 12.0 Å². The molecule has 0 saturated carbocycles. The number of hydrogen-bond donors (Lipinski definition) is 1. The first kappa shape index (κ1) is 14.5. The summed E-state index contributed by atoms with van der Waals surface area (Å²) in [7, 11) is 0. The van der Waals surface area contributed by atoms with Crippen molar-refractivity contribution in [2.45, 2.75) is 13.1 Å². The molecule has 3 aromatic rings. The van der Waals surface area contributed by atoms with Crippen molar-refractivity contribution >= 4 is 27.3 Å². The van der Waals surface area contributed by atoms with Gasteiger partial charge in [-0.2, -0.15) is 0 Å². The van der Waals surface area contributed by atoms with Gasteiger partial charge in [0.2, 0.25) is 0 Å². The summed E-state index contributed by atoms with van der Waals surface area (Å²) in [6.45, 7) is 1.78. The van der Waals surface area contributed by atoms with Crippen LogP contribution < -0.4 is 5.32 Å². The maximum atomic E-state index is 3.58. The Morgan fingerprint density at radius 2 is 1.57 bits per heavy atom. The zero-order chi connectivity index (χ0) is 14.5. The molecule has 0 radical (unpaired) electrons. The van der Waals surface area contributed by atoms with Crippen LogP contribution in [0.1, 0.15) is 10.4 Å². The van der Waals surface area contributed by atoms with Gasteiger partial charge in [-0.05, 0) is 29.3 Å². The van der Waals surface area contributed by atoms with Gasteiger partial charge in [-0.15, -0.1) is 11.3 Å². The predicted octanol–water partition coefficient (Wildman–Crippen LogP) is 5.47. The average molecular weight is 358 g/mol. The fourth-order valence-corrected chi connectivity index (χ4v) is 3.60. The van der Waals surface area contributed by atoms with Gasteiger partial charge < -0.3 is 5.32 Å². The molecule has 0 aliphatic rings. The van der Waals surface area contributed by atoms with Gasteiger partial charge >= 0.3 is 0 Å². The minimum atomic E-state index is 0.875. The summed E-state index contributed by atoms with van der Waals surface area (Å²) in [6.07, 6.45) is 0. The lowest BCUT2D eigenvalue weighted by Gasteiger charge is -2.05. The molecule has 3 heteroatoms. The molecular formula is C18H16BrNS. The van der Waals surface area contributed by atoms with Crippen molar-refractivity contribution in [3.05, 3.63) is 81.6 Å². The third kappa shape index (κ3) is 3.82. The van der Waals surface area contributed by atoms with Crippen molar-refractivity contribution in [2.75, 3.05) is 0 Å². The normalized spacial score (nSPS) is 10.7. The lowest BCUT2D eigenvalue weighted by molar-refractivity contribution is 0.699. The number of hydrogen-bond acceptors (Lipinski definition) is 2. The molecule has 0 amide bonds. The molecule has 0 spiro atoms. The summed E-state index contributed by atoms with van der Waals surface area (Å²) >= 11 is 5.43. The van der Waals surface area contributed by atoms with E-state index in [4.69, 9.17) is 0 Å². The van der Waals surface area contributed by atoms with Crippen molar-refractivity contribution in [1.29, 1.82) is 0 Å². The minimum Gasteiger partial charge on any atom is -0.308 e. The zero-order valence-electron chi connectivity index (χ0n) is 11.6. The standard InChI is InChI=1S/C18H16BrNS/c19-17-9-5-4-8-15(17)12-20-13-16-10-11-18(21-16)14-6-2-1-3-7-14/h1-11,20H,12-13H2. The van der Waals surface area contributed by atoms with Crippen molar-refractivity contribution in [2.24, 2.45) is 0 Å². The molecule has 2 aromatic carbocycles. The third-order valence-electron chi connectivity index (χ3n) is 3.29. The smallest absolute Gasteiger partial charge is 0.0346 e. The van der Waals surface area contributed by atoms with E-state index in [-0.39, 0.29) is 0 Å². The summed E-state index contributed by atoms with van der Waals surface area (Å²) < 4.78 is 1.16. The summed E-state index contributed by atoms with van der Waals surface area (Å²) in [4.78, 5) is 2.69. The van der Waals surface area contributed by atoms with E-state index in [2.05, 4.69) is 81.9 Å². The van der Waals surface area contributed by atoms with Gasteiger partial charge in [-0.1, -0.05) is 64.5 Å². The van der Waals surface area contributed by atoms with Crippen LogP contribution in [0.4, 0.5) is 0 Å². The van der Waals surface area contributed by atoms with E-state index in [9.17, 15) is 0 Å². The number of thiophene rings is 1. The second-order valence-electron chi connectivity index (χ2n) is 4.83. The van der Waals surface area contributed by atoms with Gasteiger partial charge in [0.1, 0.15) is 0 Å². The Bertz CT molecular complexity index is 706. The van der Waals surface area contributed by atoms with Crippen LogP contribution in [0.2, 0.25) is 0 Å². The first-order chi connectivity index (χ1) is 10.3. The first-order valence-electron chi connectivity index (χ1n) is 6.91. The molecule has 0 bridgehead atoms. The molecule has 1 heterocycles. The van der Waals surface area contributed by atoms with E-state index in [0.717, 1.165) is 17.6 Å². The van der Waals surface area contributed by atoms with E-state index in [0.29, 0.717) is 0 Å². The summed E-state index contributed by atoms with van der Waals surface area (Å²) in [6, 6.07) is 23.3. The monoisotopic (exact) mass is 357 g/mol. The molecule has 0 aliphatic carbocycles. The molecule has 1 aromatic heterocycles. The van der Waals surface area contributed by atoms with E-state index in [1.165, 1.54) is 20.9 Å². The van der Waals surface area contributed by atoms with Crippen molar-refractivity contribution in [3.63, 3.8) is 0 Å². The number of halogens is 1. The van der Waals surface area contributed by atoms with Crippen LogP contribution in [0.5, 0.6) is 0 Å². The van der Waals surface area contributed by atoms with Crippen LogP contribution >= 0.6 is 27.3 Å². The van der Waals surface area contributed by atoms with E-state index in [1.54, 1.807) is 0 Å². The molecule has 1 N–H and O–H groups in total. The van der Waals surface area contributed by atoms with Crippen LogP contribution in [0, 0.1) is 0 Å². The fraction of sp³-hybridized carbons (Fsp3) is 0.111. The Balaban J connectivity index is 1.60. The fourth-order valence-electron chi connectivity index (χ4n) is 2.19. The van der Waals surface area contributed by atoms with Crippen LogP contribution in [0.25, 0.3) is 10.4 Å². The van der Waals surface area contributed by atoms with Gasteiger partial charge in [0.15, 0.2) is 0 Å². The molecule has 0 fully saturated rings. The average Bonchev–Trinajstić information content (AvgIpc) is 2.99. The summed E-state index contributed by atoms with van der Waals surface area (Å²) in [5, 5.41) is 3.50. The predicted molar refractivity (Wildman–Crippen MR) is 94.4 cm³/mol. The van der Waals surface area contributed by atoms with Crippen molar-refractivity contribution in [3.8, 4) is 10.4 Å². The second kappa shape index (κ2) is 7.03. The molecule has 21 heavy (non-hydrogen) atoms. The maximum absolute atomic E-state index is 3.58. The van der Waals surface area contributed by atoms with Gasteiger partial charge in [0, 0.05) is 27.3 Å². The van der Waals surface area contributed by atoms with Crippen LogP contribution in [-0.4, -0.2) is 0 Å². The lowest BCUT2D eigenvalue weighted by atomic mass is 10.2. The van der Waals surface area contributed by atoms with E-state index < -0.39 is 0 Å². The van der Waals surface area contributed by atoms with Crippen LogP contribution in [0.3, 0.4) is 0 Å². The molecule has 0 saturated heterocycles. The quantitative estimate of drug-likeness (QED) is 0.638. The SMILES string of the molecule is Brc1ccccc1CNCc1ccc(-c2ccccc2)s1. The van der Waals surface area contributed by atoms with E-state index >= 15 is 0 Å². The molecule has 0 unspecified atom stereocenters. The highest BCUT2D eigenvalue weighted by Gasteiger charge is 2.03. The van der Waals surface area contributed by atoms with Gasteiger partial charge in [-0.3, -0.25) is 0 Å². The molecule has 3 rings (SSSR count).